The molecule has 30 heavy (non-hydrogen) atoms. The lowest BCUT2D eigenvalue weighted by molar-refractivity contribution is -0.122. The average molecular weight is 438 g/mol. The Morgan fingerprint density at radius 2 is 1.73 bits per heavy atom. The SMILES string of the molecule is Cc1ccc(C(=O)CN2C(=O)S/C(=C\c3ccc(-c4ccc(Cl)cc4)o3)C2=O)cc1. The molecule has 1 saturated heterocycles. The summed E-state index contributed by atoms with van der Waals surface area (Å²) in [5.41, 5.74) is 2.33. The van der Waals surface area contributed by atoms with Crippen molar-refractivity contribution in [3.63, 3.8) is 0 Å². The van der Waals surface area contributed by atoms with E-state index in [2.05, 4.69) is 0 Å². The molecule has 0 N–H and O–H groups in total. The van der Waals surface area contributed by atoms with Gasteiger partial charge in [-0.25, -0.2) is 0 Å². The van der Waals surface area contributed by atoms with Crippen LogP contribution < -0.4 is 0 Å². The van der Waals surface area contributed by atoms with Crippen molar-refractivity contribution in [2.75, 3.05) is 6.54 Å². The number of Topliss-reactive ketones (excluding diaryl/α,β-unsaturated/α-hetero) is 1. The highest BCUT2D eigenvalue weighted by Gasteiger charge is 2.36. The highest BCUT2D eigenvalue weighted by Crippen LogP contribution is 2.33. The lowest BCUT2D eigenvalue weighted by Crippen LogP contribution is -2.33. The Kier molecular flexibility index (Phi) is 5.61. The van der Waals surface area contributed by atoms with Gasteiger partial charge in [0.25, 0.3) is 11.1 Å². The number of hydrogen-bond donors (Lipinski definition) is 0. The zero-order chi connectivity index (χ0) is 21.3. The van der Waals surface area contributed by atoms with Crippen LogP contribution in [0.1, 0.15) is 21.7 Å². The first-order valence-corrected chi connectivity index (χ1v) is 10.3. The van der Waals surface area contributed by atoms with Crippen molar-refractivity contribution >= 4 is 46.4 Å². The maximum atomic E-state index is 12.7. The lowest BCUT2D eigenvalue weighted by atomic mass is 10.1. The van der Waals surface area contributed by atoms with E-state index in [9.17, 15) is 14.4 Å². The van der Waals surface area contributed by atoms with Crippen LogP contribution in [0.3, 0.4) is 0 Å². The first-order valence-electron chi connectivity index (χ1n) is 9.12. The minimum atomic E-state index is -0.505. The molecule has 0 saturated carbocycles. The van der Waals surface area contributed by atoms with Crippen molar-refractivity contribution in [3.8, 4) is 11.3 Å². The number of furan rings is 1. The monoisotopic (exact) mass is 437 g/mol. The fourth-order valence-electron chi connectivity index (χ4n) is 2.94. The minimum Gasteiger partial charge on any atom is -0.457 e. The Balaban J connectivity index is 1.49. The van der Waals surface area contributed by atoms with E-state index in [4.69, 9.17) is 16.0 Å². The second-order valence-corrected chi connectivity index (χ2v) is 8.20. The van der Waals surface area contributed by atoms with Gasteiger partial charge in [-0.1, -0.05) is 41.4 Å². The van der Waals surface area contributed by atoms with E-state index in [1.54, 1.807) is 36.4 Å². The van der Waals surface area contributed by atoms with Crippen molar-refractivity contribution < 1.29 is 18.8 Å². The van der Waals surface area contributed by atoms with Crippen LogP contribution in [0.5, 0.6) is 0 Å². The summed E-state index contributed by atoms with van der Waals surface area (Å²) < 4.78 is 5.77. The molecule has 2 heterocycles. The van der Waals surface area contributed by atoms with Gasteiger partial charge in [-0.15, -0.1) is 0 Å². The van der Waals surface area contributed by atoms with E-state index in [0.717, 1.165) is 27.8 Å². The minimum absolute atomic E-state index is 0.216. The third-order valence-corrected chi connectivity index (χ3v) is 5.74. The Morgan fingerprint density at radius 3 is 2.43 bits per heavy atom. The number of thioether (sulfide) groups is 1. The van der Waals surface area contributed by atoms with Gasteiger partial charge in [0.05, 0.1) is 11.4 Å². The second kappa shape index (κ2) is 8.34. The highest BCUT2D eigenvalue weighted by molar-refractivity contribution is 8.18. The molecule has 150 valence electrons. The van der Waals surface area contributed by atoms with Crippen LogP contribution in [-0.2, 0) is 4.79 Å². The molecular formula is C23H16ClNO4S. The Hall–Kier alpha value is -3.09. The van der Waals surface area contributed by atoms with Crippen molar-refractivity contribution in [1.82, 2.24) is 4.90 Å². The molecule has 7 heteroatoms. The predicted octanol–water partition coefficient (Wildman–Crippen LogP) is 5.83. The molecule has 0 atom stereocenters. The van der Waals surface area contributed by atoms with E-state index in [1.807, 2.05) is 31.2 Å². The first kappa shape index (κ1) is 20.2. The number of ketones is 1. The van der Waals surface area contributed by atoms with Crippen LogP contribution in [-0.4, -0.2) is 28.4 Å². The zero-order valence-electron chi connectivity index (χ0n) is 15.9. The Bertz CT molecular complexity index is 1160. The van der Waals surface area contributed by atoms with E-state index in [1.165, 1.54) is 6.08 Å². The predicted molar refractivity (Wildman–Crippen MR) is 117 cm³/mol. The van der Waals surface area contributed by atoms with Gasteiger partial charge < -0.3 is 4.42 Å². The van der Waals surface area contributed by atoms with Crippen molar-refractivity contribution in [3.05, 3.63) is 87.5 Å². The van der Waals surface area contributed by atoms with E-state index in [0.29, 0.717) is 22.1 Å². The molecule has 2 aromatic carbocycles. The molecule has 5 nitrogen and oxygen atoms in total. The number of carbonyl (C=O) groups is 3. The number of benzene rings is 2. The number of rotatable bonds is 5. The summed E-state index contributed by atoms with van der Waals surface area (Å²) in [6.07, 6.45) is 1.51. The number of hydrogen-bond acceptors (Lipinski definition) is 5. The van der Waals surface area contributed by atoms with Crippen LogP contribution in [0.2, 0.25) is 5.02 Å². The van der Waals surface area contributed by atoms with Crippen LogP contribution >= 0.6 is 23.4 Å². The summed E-state index contributed by atoms with van der Waals surface area (Å²) in [5, 5.41) is 0.149. The van der Waals surface area contributed by atoms with Crippen LogP contribution in [0.15, 0.2) is 70.0 Å². The molecule has 3 aromatic rings. The van der Waals surface area contributed by atoms with Crippen LogP contribution in [0.4, 0.5) is 4.79 Å². The number of nitrogens with zero attached hydrogens (tertiary/aromatic N) is 1. The van der Waals surface area contributed by atoms with Gasteiger partial charge in [-0.3, -0.25) is 19.3 Å². The summed E-state index contributed by atoms with van der Waals surface area (Å²) in [6, 6.07) is 17.7. The van der Waals surface area contributed by atoms with E-state index >= 15 is 0 Å². The standard InChI is InChI=1S/C23H16ClNO4S/c1-14-2-4-15(5-3-14)19(26)13-25-22(27)21(30-23(25)28)12-18-10-11-20(29-18)16-6-8-17(24)9-7-16/h2-12H,13H2,1H3/b21-12-. The number of halogens is 1. The maximum absolute atomic E-state index is 12.7. The quantitative estimate of drug-likeness (QED) is 0.371. The molecule has 0 unspecified atom stereocenters. The summed E-state index contributed by atoms with van der Waals surface area (Å²) in [6.45, 7) is 1.63. The number of aryl methyl sites for hydroxylation is 1. The Labute approximate surface area is 182 Å². The van der Waals surface area contributed by atoms with Crippen molar-refractivity contribution in [1.29, 1.82) is 0 Å². The van der Waals surface area contributed by atoms with Crippen molar-refractivity contribution in [2.24, 2.45) is 0 Å². The fourth-order valence-corrected chi connectivity index (χ4v) is 3.88. The number of carbonyl (C=O) groups excluding carboxylic acids is 3. The largest absolute Gasteiger partial charge is 0.457 e. The van der Waals surface area contributed by atoms with Crippen LogP contribution in [0.25, 0.3) is 17.4 Å². The molecule has 1 aliphatic rings. The van der Waals surface area contributed by atoms with E-state index in [-0.39, 0.29) is 17.2 Å². The summed E-state index contributed by atoms with van der Waals surface area (Å²) in [5.74, 6) is 0.262. The highest BCUT2D eigenvalue weighted by atomic mass is 35.5. The molecule has 0 spiro atoms. The van der Waals surface area contributed by atoms with Crippen molar-refractivity contribution in [2.45, 2.75) is 6.92 Å². The van der Waals surface area contributed by atoms with Gasteiger partial charge in [0.1, 0.15) is 11.5 Å². The molecule has 2 amide bonds. The molecule has 1 aliphatic heterocycles. The smallest absolute Gasteiger partial charge is 0.293 e. The average Bonchev–Trinajstić information content (AvgIpc) is 3.29. The fraction of sp³-hybridized carbons (Fsp3) is 0.0870. The van der Waals surface area contributed by atoms with Gasteiger partial charge >= 0.3 is 0 Å². The maximum Gasteiger partial charge on any atom is 0.293 e. The second-order valence-electron chi connectivity index (χ2n) is 6.77. The topological polar surface area (TPSA) is 67.6 Å². The molecule has 0 aliphatic carbocycles. The number of imide groups is 1. The van der Waals surface area contributed by atoms with E-state index < -0.39 is 11.1 Å². The molecule has 1 aromatic heterocycles. The lowest BCUT2D eigenvalue weighted by Gasteiger charge is -2.11. The molecule has 0 radical (unpaired) electrons. The molecule has 0 bridgehead atoms. The molecule has 1 fully saturated rings. The van der Waals surface area contributed by atoms with Gasteiger partial charge in [-0.2, -0.15) is 0 Å². The molecular weight excluding hydrogens is 422 g/mol. The third-order valence-electron chi connectivity index (χ3n) is 4.58. The first-order chi connectivity index (χ1) is 14.4. The number of amides is 2. The van der Waals surface area contributed by atoms with Gasteiger partial charge in [-0.05, 0) is 55.1 Å². The molecule has 4 rings (SSSR count). The summed E-state index contributed by atoms with van der Waals surface area (Å²) in [7, 11) is 0. The normalized spacial score (nSPS) is 15.3. The van der Waals surface area contributed by atoms with Gasteiger partial charge in [0, 0.05) is 22.2 Å². The summed E-state index contributed by atoms with van der Waals surface area (Å²) >= 11 is 6.69. The van der Waals surface area contributed by atoms with Crippen LogP contribution in [0, 0.1) is 6.92 Å². The zero-order valence-corrected chi connectivity index (χ0v) is 17.5. The van der Waals surface area contributed by atoms with Gasteiger partial charge in [0.15, 0.2) is 5.78 Å². The van der Waals surface area contributed by atoms with Gasteiger partial charge in [0.2, 0.25) is 0 Å². The third kappa shape index (κ3) is 4.25. The summed E-state index contributed by atoms with van der Waals surface area (Å²) in [4.78, 5) is 38.6. The Morgan fingerprint density at radius 1 is 1.03 bits per heavy atom.